The first-order valence-electron chi connectivity index (χ1n) is 5.69. The number of rotatable bonds is 4. The van der Waals surface area contributed by atoms with Crippen LogP contribution in [-0.4, -0.2) is 21.3 Å². The van der Waals surface area contributed by atoms with Crippen LogP contribution in [0, 0.1) is 0 Å². The lowest BCUT2D eigenvalue weighted by Crippen LogP contribution is -2.20. The Morgan fingerprint density at radius 3 is 2.94 bits per heavy atom. The van der Waals surface area contributed by atoms with Crippen LogP contribution in [0.2, 0.25) is 0 Å². The van der Waals surface area contributed by atoms with Crippen LogP contribution in [0.15, 0.2) is 22.7 Å². The molecule has 0 saturated carbocycles. The number of aryl methyl sites for hydroxylation is 1. The highest BCUT2D eigenvalue weighted by molar-refractivity contribution is 9.10. The number of benzene rings is 1. The van der Waals surface area contributed by atoms with Crippen molar-refractivity contribution in [3.05, 3.63) is 28.5 Å². The zero-order chi connectivity index (χ0) is 12.4. The van der Waals surface area contributed by atoms with Gasteiger partial charge in [0.05, 0.1) is 23.7 Å². The molecule has 1 heterocycles. The number of fused-ring (bicyclic) bond motifs is 1. The standard InChI is InChI=1S/C12H16BrN3O/c1-2-5-16-11-4-3-8(13)6-10(11)15-12(16)9(14)7-17/h3-4,6,9,17H,2,5,7,14H2,1H3. The Labute approximate surface area is 109 Å². The molecule has 1 aromatic carbocycles. The van der Waals surface area contributed by atoms with Crippen LogP contribution in [0.5, 0.6) is 0 Å². The van der Waals surface area contributed by atoms with Gasteiger partial charge in [0.25, 0.3) is 0 Å². The van der Waals surface area contributed by atoms with Crippen molar-refractivity contribution >= 4 is 27.0 Å². The molecule has 17 heavy (non-hydrogen) atoms. The normalized spacial score (nSPS) is 13.2. The molecule has 0 bridgehead atoms. The SMILES string of the molecule is CCCn1c(C(N)CO)nc2cc(Br)ccc21. The van der Waals surface area contributed by atoms with Gasteiger partial charge in [0.2, 0.25) is 0 Å². The fourth-order valence-electron chi connectivity index (χ4n) is 1.94. The molecular weight excluding hydrogens is 282 g/mol. The van der Waals surface area contributed by atoms with Crippen LogP contribution in [0.3, 0.4) is 0 Å². The zero-order valence-corrected chi connectivity index (χ0v) is 11.3. The molecule has 2 aromatic rings. The van der Waals surface area contributed by atoms with Gasteiger partial charge in [-0.1, -0.05) is 22.9 Å². The van der Waals surface area contributed by atoms with E-state index in [1.54, 1.807) is 0 Å². The number of imidazole rings is 1. The summed E-state index contributed by atoms with van der Waals surface area (Å²) >= 11 is 3.43. The summed E-state index contributed by atoms with van der Waals surface area (Å²) in [5.41, 5.74) is 7.86. The van der Waals surface area contributed by atoms with Crippen molar-refractivity contribution < 1.29 is 5.11 Å². The molecule has 0 saturated heterocycles. The van der Waals surface area contributed by atoms with E-state index in [0.29, 0.717) is 0 Å². The lowest BCUT2D eigenvalue weighted by Gasteiger charge is -2.11. The number of halogens is 1. The average Bonchev–Trinajstić information content (AvgIpc) is 2.67. The molecule has 1 unspecified atom stereocenters. The van der Waals surface area contributed by atoms with E-state index in [4.69, 9.17) is 5.73 Å². The van der Waals surface area contributed by atoms with Gasteiger partial charge in [0.1, 0.15) is 5.82 Å². The number of hydrogen-bond acceptors (Lipinski definition) is 3. The van der Waals surface area contributed by atoms with Gasteiger partial charge >= 0.3 is 0 Å². The molecule has 2 rings (SSSR count). The maximum Gasteiger partial charge on any atom is 0.129 e. The molecule has 5 heteroatoms. The first-order chi connectivity index (χ1) is 8.17. The van der Waals surface area contributed by atoms with Crippen molar-refractivity contribution in [1.82, 2.24) is 9.55 Å². The van der Waals surface area contributed by atoms with E-state index in [1.165, 1.54) is 0 Å². The molecule has 0 aliphatic carbocycles. The Kier molecular flexibility index (Phi) is 3.81. The highest BCUT2D eigenvalue weighted by atomic mass is 79.9. The maximum atomic E-state index is 9.17. The van der Waals surface area contributed by atoms with Gasteiger partial charge in [-0.15, -0.1) is 0 Å². The van der Waals surface area contributed by atoms with E-state index in [1.807, 2.05) is 18.2 Å². The Balaban J connectivity index is 2.61. The Bertz CT molecular complexity index is 524. The smallest absolute Gasteiger partial charge is 0.129 e. The van der Waals surface area contributed by atoms with Crippen LogP contribution in [0.25, 0.3) is 11.0 Å². The summed E-state index contributed by atoms with van der Waals surface area (Å²) in [5.74, 6) is 0.752. The summed E-state index contributed by atoms with van der Waals surface area (Å²) in [5, 5.41) is 9.17. The summed E-state index contributed by atoms with van der Waals surface area (Å²) in [7, 11) is 0. The second kappa shape index (κ2) is 5.16. The van der Waals surface area contributed by atoms with E-state index in [2.05, 4.69) is 32.4 Å². The monoisotopic (exact) mass is 297 g/mol. The van der Waals surface area contributed by atoms with E-state index >= 15 is 0 Å². The third-order valence-corrected chi connectivity index (χ3v) is 3.21. The third-order valence-electron chi connectivity index (χ3n) is 2.72. The Hall–Kier alpha value is -0.910. The van der Waals surface area contributed by atoms with Crippen LogP contribution < -0.4 is 5.73 Å². The summed E-state index contributed by atoms with van der Waals surface area (Å²) in [6, 6.07) is 5.56. The Morgan fingerprint density at radius 1 is 1.53 bits per heavy atom. The number of hydrogen-bond donors (Lipinski definition) is 2. The zero-order valence-electron chi connectivity index (χ0n) is 9.73. The fraction of sp³-hybridized carbons (Fsp3) is 0.417. The van der Waals surface area contributed by atoms with E-state index in [9.17, 15) is 5.11 Å². The van der Waals surface area contributed by atoms with Crippen LogP contribution >= 0.6 is 15.9 Å². The molecule has 0 aliphatic rings. The van der Waals surface area contributed by atoms with Gasteiger partial charge in [-0.2, -0.15) is 0 Å². The minimum absolute atomic E-state index is 0.0891. The highest BCUT2D eigenvalue weighted by Gasteiger charge is 2.15. The minimum atomic E-state index is -0.423. The predicted molar refractivity (Wildman–Crippen MR) is 71.7 cm³/mol. The van der Waals surface area contributed by atoms with Crippen LogP contribution in [0.4, 0.5) is 0 Å². The van der Waals surface area contributed by atoms with Crippen molar-refractivity contribution in [2.75, 3.05) is 6.61 Å². The molecule has 3 N–H and O–H groups in total. The number of aromatic nitrogens is 2. The number of aliphatic hydroxyl groups is 1. The highest BCUT2D eigenvalue weighted by Crippen LogP contribution is 2.23. The quantitative estimate of drug-likeness (QED) is 0.909. The lowest BCUT2D eigenvalue weighted by molar-refractivity contribution is 0.261. The molecule has 1 aromatic heterocycles. The first-order valence-corrected chi connectivity index (χ1v) is 6.48. The van der Waals surface area contributed by atoms with Crippen molar-refractivity contribution in [2.24, 2.45) is 5.73 Å². The van der Waals surface area contributed by atoms with Gasteiger partial charge in [-0.25, -0.2) is 4.98 Å². The molecule has 4 nitrogen and oxygen atoms in total. The van der Waals surface area contributed by atoms with Crippen molar-refractivity contribution in [2.45, 2.75) is 25.9 Å². The van der Waals surface area contributed by atoms with Gasteiger partial charge in [-0.05, 0) is 24.6 Å². The summed E-state index contributed by atoms with van der Waals surface area (Å²) < 4.78 is 3.08. The molecular formula is C12H16BrN3O. The van der Waals surface area contributed by atoms with Gasteiger partial charge in [-0.3, -0.25) is 0 Å². The second-order valence-corrected chi connectivity index (χ2v) is 4.96. The van der Waals surface area contributed by atoms with Crippen molar-refractivity contribution in [1.29, 1.82) is 0 Å². The molecule has 0 aliphatic heterocycles. The van der Waals surface area contributed by atoms with Gasteiger partial charge in [0.15, 0.2) is 0 Å². The number of nitrogens with zero attached hydrogens (tertiary/aromatic N) is 2. The summed E-state index contributed by atoms with van der Waals surface area (Å²) in [6.45, 7) is 2.88. The average molecular weight is 298 g/mol. The summed E-state index contributed by atoms with van der Waals surface area (Å²) in [6.07, 6.45) is 1.01. The molecule has 0 fully saturated rings. The van der Waals surface area contributed by atoms with Crippen molar-refractivity contribution in [3.63, 3.8) is 0 Å². The third kappa shape index (κ3) is 2.36. The number of nitrogens with two attached hydrogens (primary N) is 1. The maximum absolute atomic E-state index is 9.17. The van der Waals surface area contributed by atoms with Crippen LogP contribution in [-0.2, 0) is 6.54 Å². The van der Waals surface area contributed by atoms with E-state index in [-0.39, 0.29) is 6.61 Å². The first kappa shape index (κ1) is 12.5. The summed E-state index contributed by atoms with van der Waals surface area (Å²) in [4.78, 5) is 4.51. The second-order valence-electron chi connectivity index (χ2n) is 4.04. The topological polar surface area (TPSA) is 64.1 Å². The lowest BCUT2D eigenvalue weighted by atomic mass is 10.3. The van der Waals surface area contributed by atoms with Crippen molar-refractivity contribution in [3.8, 4) is 0 Å². The predicted octanol–water partition coefficient (Wildman–Crippen LogP) is 2.20. The minimum Gasteiger partial charge on any atom is -0.394 e. The molecule has 0 radical (unpaired) electrons. The molecule has 1 atom stereocenters. The fourth-order valence-corrected chi connectivity index (χ4v) is 2.29. The Morgan fingerprint density at radius 2 is 2.29 bits per heavy atom. The van der Waals surface area contributed by atoms with Crippen LogP contribution in [0.1, 0.15) is 25.2 Å². The number of aliphatic hydroxyl groups excluding tert-OH is 1. The van der Waals surface area contributed by atoms with E-state index < -0.39 is 6.04 Å². The van der Waals surface area contributed by atoms with Gasteiger partial charge in [0, 0.05) is 11.0 Å². The molecule has 0 amide bonds. The molecule has 0 spiro atoms. The van der Waals surface area contributed by atoms with E-state index in [0.717, 1.165) is 34.3 Å². The molecule has 92 valence electrons. The van der Waals surface area contributed by atoms with Gasteiger partial charge < -0.3 is 15.4 Å². The largest absolute Gasteiger partial charge is 0.394 e.